The van der Waals surface area contributed by atoms with Crippen molar-refractivity contribution in [1.82, 2.24) is 31.1 Å². The van der Waals surface area contributed by atoms with Crippen molar-refractivity contribution in [3.8, 4) is 0 Å². The highest BCUT2D eigenvalue weighted by Crippen LogP contribution is 2.16. The number of nitrogens with one attached hydrogen (secondary N) is 4. The molecule has 0 aromatic carbocycles. The number of hydrogen-bond acceptors (Lipinski definition) is 30. The summed E-state index contributed by atoms with van der Waals surface area (Å²) in [5.74, 6) is -0.901. The SMILES string of the molecule is CCCCCCCCCCCCCCCC(=O)NCCCCCC(=O)N[C@H](C(=O)N[C@@H](CCCCNC(=O)CCOCCOCCOCCOCCOCCOCCOCCOCCOCCOCCOCCOCCOCCOCCOCCOCCOCCOCCOCCOCCOCCOCCOCCOC)C(=O)N1CCN(C)CC1)[C@@H](C)CC. The molecule has 0 radical (unpaired) electrons. The van der Waals surface area contributed by atoms with Crippen LogP contribution >= 0.6 is 0 Å². The molecule has 0 spiro atoms. The van der Waals surface area contributed by atoms with Gasteiger partial charge in [0.15, 0.2) is 0 Å². The van der Waals surface area contributed by atoms with Crippen LogP contribution in [-0.2, 0) is 138 Å². The molecular weight excluding hydrogens is 1620 g/mol. The van der Waals surface area contributed by atoms with Crippen molar-refractivity contribution in [2.45, 2.75) is 181 Å². The van der Waals surface area contributed by atoms with Crippen molar-refractivity contribution in [3.63, 3.8) is 0 Å². The molecule has 1 heterocycles. The number of ether oxygens (including phenoxy) is 24. The number of methoxy groups -OCH3 is 1. The monoisotopic (exact) mass is 1790 g/mol. The number of hydrogen-bond donors (Lipinski definition) is 4. The fourth-order valence-corrected chi connectivity index (χ4v) is 12.0. The van der Waals surface area contributed by atoms with E-state index in [2.05, 4.69) is 33.1 Å². The summed E-state index contributed by atoms with van der Waals surface area (Å²) in [6.45, 7) is 31.8. The lowest BCUT2D eigenvalue weighted by atomic mass is 9.97. The molecule has 0 aliphatic carbocycles. The fourth-order valence-electron chi connectivity index (χ4n) is 12.0. The maximum absolute atomic E-state index is 14.0. The van der Waals surface area contributed by atoms with Crippen molar-refractivity contribution in [2.75, 3.05) is 364 Å². The third-order valence-corrected chi connectivity index (χ3v) is 19.5. The van der Waals surface area contributed by atoms with Gasteiger partial charge in [0.1, 0.15) is 12.1 Å². The molecule has 0 aromatic rings. The molecule has 734 valence electrons. The summed E-state index contributed by atoms with van der Waals surface area (Å²) in [4.78, 5) is 70.1. The average molecular weight is 1790 g/mol. The van der Waals surface area contributed by atoms with Gasteiger partial charge < -0.3 is 145 Å². The van der Waals surface area contributed by atoms with Crippen molar-refractivity contribution < 1.29 is 138 Å². The van der Waals surface area contributed by atoms with Gasteiger partial charge in [0.2, 0.25) is 29.5 Å². The van der Waals surface area contributed by atoms with Crippen LogP contribution in [0.4, 0.5) is 0 Å². The van der Waals surface area contributed by atoms with Crippen LogP contribution in [-0.4, -0.2) is 415 Å². The van der Waals surface area contributed by atoms with Crippen LogP contribution in [0, 0.1) is 5.92 Å². The predicted molar refractivity (Wildman–Crippen MR) is 471 cm³/mol. The Hall–Kier alpha value is -3.65. The predicted octanol–water partition coefficient (Wildman–Crippen LogP) is 6.64. The lowest BCUT2D eigenvalue weighted by molar-refractivity contribution is -0.139. The smallest absolute Gasteiger partial charge is 0.245 e. The molecule has 5 amide bonds. The van der Waals surface area contributed by atoms with Crippen molar-refractivity contribution in [3.05, 3.63) is 0 Å². The first kappa shape index (κ1) is 118. The number of carbonyl (C=O) groups is 5. The van der Waals surface area contributed by atoms with Gasteiger partial charge in [0.25, 0.3) is 0 Å². The molecule has 1 rings (SSSR count). The minimum atomic E-state index is -0.790. The van der Waals surface area contributed by atoms with E-state index >= 15 is 0 Å². The van der Waals surface area contributed by atoms with E-state index in [1.165, 1.54) is 70.6 Å². The van der Waals surface area contributed by atoms with Gasteiger partial charge in [-0.25, -0.2) is 0 Å². The Bertz CT molecular complexity index is 2250. The molecule has 0 bridgehead atoms. The Balaban J connectivity index is 1.85. The minimum absolute atomic E-state index is 0.0937. The number of amides is 5. The van der Waals surface area contributed by atoms with Crippen LogP contribution in [0.15, 0.2) is 0 Å². The highest BCUT2D eigenvalue weighted by molar-refractivity contribution is 5.92. The van der Waals surface area contributed by atoms with Crippen LogP contribution < -0.4 is 21.3 Å². The summed E-state index contributed by atoms with van der Waals surface area (Å²) in [5.41, 5.74) is 0. The first-order chi connectivity index (χ1) is 61.1. The van der Waals surface area contributed by atoms with E-state index in [-0.39, 0.29) is 54.9 Å². The Morgan fingerprint density at radius 3 is 0.798 bits per heavy atom. The summed E-state index contributed by atoms with van der Waals surface area (Å²) in [6, 6.07) is -1.55. The molecule has 3 atom stereocenters. The van der Waals surface area contributed by atoms with Crippen LogP contribution in [0.5, 0.6) is 0 Å². The summed E-state index contributed by atoms with van der Waals surface area (Å²) in [5, 5.41) is 12.0. The highest BCUT2D eigenvalue weighted by Gasteiger charge is 2.32. The number of carbonyl (C=O) groups excluding carboxylic acids is 5. The van der Waals surface area contributed by atoms with E-state index in [0.29, 0.717) is 369 Å². The third kappa shape index (κ3) is 86.4. The topological polar surface area (TPSA) is 361 Å². The van der Waals surface area contributed by atoms with Gasteiger partial charge >= 0.3 is 0 Å². The number of piperazine rings is 1. The van der Waals surface area contributed by atoms with Crippen LogP contribution in [0.3, 0.4) is 0 Å². The van der Waals surface area contributed by atoms with E-state index < -0.39 is 12.1 Å². The first-order valence-electron chi connectivity index (χ1n) is 47.0. The zero-order valence-electron chi connectivity index (χ0n) is 77.7. The standard InChI is InChI=1S/C89H174N6O29/c1-6-8-9-10-11-12-13-14-15-16-17-18-20-26-84(96)90-29-23-19-21-27-86(98)93-87(82(3)7-2)88(99)92-83(89(100)95-33-31-94(4)32-34-95)25-22-24-30-91-85(97)28-35-102-38-39-104-42-43-106-46-47-108-50-51-110-54-55-112-58-59-114-62-63-116-66-67-118-70-71-120-74-75-122-78-79-124-81-80-123-77-76-121-73-72-119-69-68-117-65-64-115-61-60-113-57-56-111-53-52-109-49-48-107-45-44-105-41-40-103-37-36-101-5/h82-83,87H,6-81H2,1-5H3,(H,90,96)(H,91,97)(H,92,99)(H,93,98)/t82-,83-,87-/m0/s1. The molecule has 0 saturated carbocycles. The van der Waals surface area contributed by atoms with E-state index in [1.54, 1.807) is 7.11 Å². The first-order valence-corrected chi connectivity index (χ1v) is 47.0. The quantitative estimate of drug-likeness (QED) is 0.0464. The molecule has 0 unspecified atom stereocenters. The van der Waals surface area contributed by atoms with Gasteiger partial charge in [0.05, 0.1) is 311 Å². The molecular formula is C89H174N6O29. The van der Waals surface area contributed by atoms with E-state index in [9.17, 15) is 24.0 Å². The molecule has 124 heavy (non-hydrogen) atoms. The van der Waals surface area contributed by atoms with Crippen molar-refractivity contribution in [2.24, 2.45) is 5.92 Å². The van der Waals surface area contributed by atoms with E-state index in [1.807, 2.05) is 25.8 Å². The second-order valence-electron chi connectivity index (χ2n) is 29.9. The fraction of sp³-hybridized carbons (Fsp3) is 0.944. The second kappa shape index (κ2) is 98.4. The third-order valence-electron chi connectivity index (χ3n) is 19.5. The number of unbranched alkanes of at least 4 members (excludes halogenated alkanes) is 15. The summed E-state index contributed by atoms with van der Waals surface area (Å²) in [6.07, 6.45) is 22.1. The summed E-state index contributed by atoms with van der Waals surface area (Å²) >= 11 is 0. The number of likely N-dealkylation sites (N-methyl/N-ethyl adjacent to an activating group) is 1. The molecule has 35 heteroatoms. The largest absolute Gasteiger partial charge is 0.382 e. The summed E-state index contributed by atoms with van der Waals surface area (Å²) < 4.78 is 132. The van der Waals surface area contributed by atoms with Gasteiger partial charge in [0, 0.05) is 65.6 Å². The average Bonchev–Trinajstić information content (AvgIpc) is 0.846. The summed E-state index contributed by atoms with van der Waals surface area (Å²) in [7, 11) is 3.67. The van der Waals surface area contributed by atoms with Gasteiger partial charge in [-0.2, -0.15) is 0 Å². The number of rotatable bonds is 103. The van der Waals surface area contributed by atoms with Gasteiger partial charge in [-0.3, -0.25) is 24.0 Å². The van der Waals surface area contributed by atoms with Crippen molar-refractivity contribution in [1.29, 1.82) is 0 Å². The Morgan fingerprint density at radius 1 is 0.274 bits per heavy atom. The molecule has 0 aromatic heterocycles. The van der Waals surface area contributed by atoms with Crippen molar-refractivity contribution >= 4 is 29.5 Å². The van der Waals surface area contributed by atoms with Crippen LogP contribution in [0.25, 0.3) is 0 Å². The zero-order chi connectivity index (χ0) is 89.3. The lowest BCUT2D eigenvalue weighted by Crippen LogP contribution is -2.58. The van der Waals surface area contributed by atoms with Gasteiger partial charge in [-0.15, -0.1) is 0 Å². The second-order valence-corrected chi connectivity index (χ2v) is 29.9. The Kier molecular flexibility index (Phi) is 93.9. The molecule has 1 aliphatic heterocycles. The molecule has 1 aliphatic rings. The maximum Gasteiger partial charge on any atom is 0.245 e. The molecule has 1 saturated heterocycles. The lowest BCUT2D eigenvalue weighted by Gasteiger charge is -2.35. The molecule has 35 nitrogen and oxygen atoms in total. The molecule has 1 fully saturated rings. The minimum Gasteiger partial charge on any atom is -0.382 e. The Labute approximate surface area is 745 Å². The van der Waals surface area contributed by atoms with E-state index in [0.717, 1.165) is 38.8 Å². The van der Waals surface area contributed by atoms with Crippen LogP contribution in [0.1, 0.15) is 168 Å². The van der Waals surface area contributed by atoms with Gasteiger partial charge in [-0.1, -0.05) is 111 Å². The Morgan fingerprint density at radius 2 is 0.516 bits per heavy atom. The maximum atomic E-state index is 14.0. The highest BCUT2D eigenvalue weighted by atomic mass is 16.6. The van der Waals surface area contributed by atoms with Gasteiger partial charge in [-0.05, 0) is 51.5 Å². The normalized spacial score (nSPS) is 13.3. The van der Waals surface area contributed by atoms with E-state index in [4.69, 9.17) is 114 Å². The number of nitrogens with zero attached hydrogens (tertiary/aromatic N) is 2. The van der Waals surface area contributed by atoms with Crippen LogP contribution in [0.2, 0.25) is 0 Å². The zero-order valence-corrected chi connectivity index (χ0v) is 77.7. The molecule has 4 N–H and O–H groups in total.